The number of carbonyl (C=O) groups is 1. The number of benzene rings is 1. The molecule has 0 radical (unpaired) electrons. The summed E-state index contributed by atoms with van der Waals surface area (Å²) < 4.78 is 10.1. The van der Waals surface area contributed by atoms with E-state index in [1.54, 1.807) is 19.2 Å². The second kappa shape index (κ2) is 7.86. The highest BCUT2D eigenvalue weighted by atomic mass is 35.5. The van der Waals surface area contributed by atoms with Gasteiger partial charge in [-0.3, -0.25) is 0 Å². The smallest absolute Gasteiger partial charge is 0.319 e. The van der Waals surface area contributed by atoms with E-state index in [0.29, 0.717) is 29.6 Å². The summed E-state index contributed by atoms with van der Waals surface area (Å²) in [5.41, 5.74) is 1.46. The number of urea groups is 1. The molecule has 0 aliphatic carbocycles. The Morgan fingerprint density at radius 2 is 2.11 bits per heavy atom. The zero-order valence-electron chi connectivity index (χ0n) is 11.4. The molecule has 0 bridgehead atoms. The maximum Gasteiger partial charge on any atom is 0.319 e. The van der Waals surface area contributed by atoms with Crippen LogP contribution in [0.15, 0.2) is 12.1 Å². The minimum absolute atomic E-state index is 0.281. The first kappa shape index (κ1) is 15.6. The number of amides is 2. The van der Waals surface area contributed by atoms with Crippen LogP contribution in [0.25, 0.3) is 0 Å². The van der Waals surface area contributed by atoms with Crippen molar-refractivity contribution in [2.24, 2.45) is 0 Å². The summed E-state index contributed by atoms with van der Waals surface area (Å²) in [5, 5.41) is 6.06. The number of halogens is 1. The first-order valence-corrected chi connectivity index (χ1v) is 6.34. The standard InChI is InChI=1S/C13H19ClN2O3/c1-9-7-11(12(19-3)8-10(9)14)16-13(17)15-5-4-6-18-2/h7-8H,4-6H2,1-3H3,(H2,15,16,17). The van der Waals surface area contributed by atoms with Crippen molar-refractivity contribution in [2.75, 3.05) is 32.7 Å². The van der Waals surface area contributed by atoms with Crippen molar-refractivity contribution in [1.82, 2.24) is 5.32 Å². The average molecular weight is 287 g/mol. The summed E-state index contributed by atoms with van der Waals surface area (Å²) in [7, 11) is 3.16. The molecule has 1 aromatic carbocycles. The number of anilines is 1. The van der Waals surface area contributed by atoms with Crippen molar-refractivity contribution in [3.8, 4) is 5.75 Å². The summed E-state index contributed by atoms with van der Waals surface area (Å²) in [5.74, 6) is 0.530. The summed E-state index contributed by atoms with van der Waals surface area (Å²) in [6.45, 7) is 3.03. The SMILES string of the molecule is COCCCNC(=O)Nc1cc(C)c(Cl)cc1OC. The topological polar surface area (TPSA) is 59.6 Å². The lowest BCUT2D eigenvalue weighted by atomic mass is 10.2. The van der Waals surface area contributed by atoms with Crippen molar-refractivity contribution in [2.45, 2.75) is 13.3 Å². The third-order valence-corrected chi connectivity index (χ3v) is 2.95. The van der Waals surface area contributed by atoms with Crippen LogP contribution in [0.2, 0.25) is 5.02 Å². The molecule has 0 spiro atoms. The maximum atomic E-state index is 11.7. The molecular weight excluding hydrogens is 268 g/mol. The van der Waals surface area contributed by atoms with E-state index in [0.717, 1.165) is 12.0 Å². The molecule has 0 saturated heterocycles. The number of ether oxygens (including phenoxy) is 2. The molecule has 1 rings (SSSR count). The van der Waals surface area contributed by atoms with Crippen LogP contribution in [0.5, 0.6) is 5.75 Å². The molecule has 5 nitrogen and oxygen atoms in total. The van der Waals surface area contributed by atoms with Crippen LogP contribution in [-0.2, 0) is 4.74 Å². The average Bonchev–Trinajstić information content (AvgIpc) is 2.38. The Bertz CT molecular complexity index is 438. The van der Waals surface area contributed by atoms with Gasteiger partial charge in [0.15, 0.2) is 0 Å². The van der Waals surface area contributed by atoms with E-state index < -0.39 is 0 Å². The molecule has 2 amide bonds. The summed E-state index contributed by atoms with van der Waals surface area (Å²) in [6, 6.07) is 3.17. The van der Waals surface area contributed by atoms with Crippen molar-refractivity contribution in [3.63, 3.8) is 0 Å². The lowest BCUT2D eigenvalue weighted by Crippen LogP contribution is -2.30. The van der Waals surface area contributed by atoms with Crippen molar-refractivity contribution in [3.05, 3.63) is 22.7 Å². The summed E-state index contributed by atoms with van der Waals surface area (Å²) in [4.78, 5) is 11.7. The second-order valence-corrected chi connectivity index (χ2v) is 4.44. The lowest BCUT2D eigenvalue weighted by Gasteiger charge is -2.13. The fraction of sp³-hybridized carbons (Fsp3) is 0.462. The van der Waals surface area contributed by atoms with Gasteiger partial charge in [-0.25, -0.2) is 4.79 Å². The van der Waals surface area contributed by atoms with Gasteiger partial charge in [-0.15, -0.1) is 0 Å². The summed E-state index contributed by atoms with van der Waals surface area (Å²) in [6.07, 6.45) is 0.765. The zero-order valence-corrected chi connectivity index (χ0v) is 12.1. The Morgan fingerprint density at radius 1 is 1.37 bits per heavy atom. The Hall–Kier alpha value is -1.46. The van der Waals surface area contributed by atoms with E-state index in [4.69, 9.17) is 21.1 Å². The van der Waals surface area contributed by atoms with Gasteiger partial charge in [0.2, 0.25) is 0 Å². The molecule has 1 aromatic rings. The van der Waals surface area contributed by atoms with Gasteiger partial charge in [0.05, 0.1) is 12.8 Å². The number of carbonyl (C=O) groups excluding carboxylic acids is 1. The van der Waals surface area contributed by atoms with Gasteiger partial charge < -0.3 is 20.1 Å². The molecule has 2 N–H and O–H groups in total. The van der Waals surface area contributed by atoms with E-state index in [1.165, 1.54) is 7.11 Å². The highest BCUT2D eigenvalue weighted by Crippen LogP contribution is 2.30. The third-order valence-electron chi connectivity index (χ3n) is 2.54. The van der Waals surface area contributed by atoms with E-state index in [2.05, 4.69) is 10.6 Å². The predicted molar refractivity (Wildman–Crippen MR) is 76.3 cm³/mol. The van der Waals surface area contributed by atoms with Gasteiger partial charge >= 0.3 is 6.03 Å². The Balaban J connectivity index is 2.60. The van der Waals surface area contributed by atoms with E-state index in [9.17, 15) is 4.79 Å². The molecule has 0 aliphatic rings. The molecular formula is C13H19ClN2O3. The molecule has 0 aromatic heterocycles. The van der Waals surface area contributed by atoms with Crippen LogP contribution < -0.4 is 15.4 Å². The van der Waals surface area contributed by atoms with Gasteiger partial charge in [0, 0.05) is 31.4 Å². The molecule has 0 heterocycles. The normalized spacial score (nSPS) is 10.1. The van der Waals surface area contributed by atoms with Crippen LogP contribution in [-0.4, -0.2) is 33.4 Å². The van der Waals surface area contributed by atoms with Gasteiger partial charge in [-0.1, -0.05) is 11.6 Å². The van der Waals surface area contributed by atoms with Crippen molar-refractivity contribution >= 4 is 23.3 Å². The molecule has 0 aliphatic heterocycles. The fourth-order valence-corrected chi connectivity index (χ4v) is 1.67. The largest absolute Gasteiger partial charge is 0.495 e. The number of hydrogen-bond donors (Lipinski definition) is 2. The number of nitrogens with one attached hydrogen (secondary N) is 2. The first-order valence-electron chi connectivity index (χ1n) is 5.96. The van der Waals surface area contributed by atoms with Crippen LogP contribution in [0, 0.1) is 6.92 Å². The highest BCUT2D eigenvalue weighted by Gasteiger charge is 2.09. The van der Waals surface area contributed by atoms with E-state index >= 15 is 0 Å². The number of hydrogen-bond acceptors (Lipinski definition) is 3. The van der Waals surface area contributed by atoms with Gasteiger partial charge in [0.1, 0.15) is 5.75 Å². The Morgan fingerprint density at radius 3 is 2.74 bits per heavy atom. The second-order valence-electron chi connectivity index (χ2n) is 4.03. The van der Waals surface area contributed by atoms with Crippen LogP contribution in [0.1, 0.15) is 12.0 Å². The molecule has 0 fully saturated rings. The van der Waals surface area contributed by atoms with Crippen molar-refractivity contribution in [1.29, 1.82) is 0 Å². The number of methoxy groups -OCH3 is 2. The van der Waals surface area contributed by atoms with Gasteiger partial charge in [-0.05, 0) is 25.0 Å². The number of aryl methyl sites for hydroxylation is 1. The third kappa shape index (κ3) is 4.96. The quantitative estimate of drug-likeness (QED) is 0.791. The molecule has 0 atom stereocenters. The Labute approximate surface area is 118 Å². The molecule has 6 heteroatoms. The Kier molecular flexibility index (Phi) is 6.45. The lowest BCUT2D eigenvalue weighted by molar-refractivity contribution is 0.194. The van der Waals surface area contributed by atoms with Crippen LogP contribution in [0.3, 0.4) is 0 Å². The zero-order chi connectivity index (χ0) is 14.3. The minimum atomic E-state index is -0.281. The van der Waals surface area contributed by atoms with Crippen molar-refractivity contribution < 1.29 is 14.3 Å². The number of rotatable bonds is 6. The molecule has 19 heavy (non-hydrogen) atoms. The monoisotopic (exact) mass is 286 g/mol. The molecule has 0 saturated carbocycles. The summed E-state index contributed by atoms with van der Waals surface area (Å²) >= 11 is 6.00. The maximum absolute atomic E-state index is 11.7. The first-order chi connectivity index (χ1) is 9.08. The van der Waals surface area contributed by atoms with E-state index in [1.807, 2.05) is 6.92 Å². The van der Waals surface area contributed by atoms with Crippen LogP contribution >= 0.6 is 11.6 Å². The van der Waals surface area contributed by atoms with Gasteiger partial charge in [0.25, 0.3) is 0 Å². The predicted octanol–water partition coefficient (Wildman–Crippen LogP) is 2.82. The van der Waals surface area contributed by atoms with Crippen LogP contribution in [0.4, 0.5) is 10.5 Å². The minimum Gasteiger partial charge on any atom is -0.495 e. The molecule has 106 valence electrons. The van der Waals surface area contributed by atoms with Gasteiger partial charge in [-0.2, -0.15) is 0 Å². The fourth-order valence-electron chi connectivity index (χ4n) is 1.51. The van der Waals surface area contributed by atoms with E-state index in [-0.39, 0.29) is 6.03 Å². The molecule has 0 unspecified atom stereocenters. The highest BCUT2D eigenvalue weighted by molar-refractivity contribution is 6.31.